The molecule has 0 aliphatic carbocycles. The van der Waals surface area contributed by atoms with Gasteiger partial charge >= 0.3 is 5.97 Å². The zero-order chi connectivity index (χ0) is 12.0. The molecular formula is C11H21BrN2O2. The number of esters is 1. The molecule has 1 N–H and O–H groups in total. The number of hydrogen-bond donors (Lipinski definition) is 1. The van der Waals surface area contributed by atoms with Crippen LogP contribution in [0.15, 0.2) is 0 Å². The third-order valence-electron chi connectivity index (χ3n) is 2.98. The predicted molar refractivity (Wildman–Crippen MR) is 67.9 cm³/mol. The maximum atomic E-state index is 11.1. The second-order valence-electron chi connectivity index (χ2n) is 4.24. The topological polar surface area (TPSA) is 41.6 Å². The molecule has 0 aromatic heterocycles. The maximum Gasteiger partial charge on any atom is 0.320 e. The van der Waals surface area contributed by atoms with Crippen LogP contribution in [0.2, 0.25) is 0 Å². The van der Waals surface area contributed by atoms with E-state index in [1.54, 1.807) is 0 Å². The number of methoxy groups -OCH3 is 1. The van der Waals surface area contributed by atoms with Gasteiger partial charge in [-0.05, 0) is 32.9 Å². The molecule has 1 aliphatic rings. The Labute approximate surface area is 106 Å². The van der Waals surface area contributed by atoms with Gasteiger partial charge in [-0.15, -0.1) is 0 Å². The van der Waals surface area contributed by atoms with Crippen molar-refractivity contribution in [3.63, 3.8) is 0 Å². The zero-order valence-electron chi connectivity index (χ0n) is 10.0. The van der Waals surface area contributed by atoms with E-state index in [2.05, 4.69) is 37.8 Å². The van der Waals surface area contributed by atoms with Gasteiger partial charge in [0, 0.05) is 19.1 Å². The normalized spacial score (nSPS) is 20.7. The molecule has 4 nitrogen and oxygen atoms in total. The summed E-state index contributed by atoms with van der Waals surface area (Å²) >= 11 is 3.29. The van der Waals surface area contributed by atoms with Gasteiger partial charge in [0.05, 0.1) is 7.11 Å². The van der Waals surface area contributed by atoms with E-state index >= 15 is 0 Å². The standard InChI is InChI=1S/C11H21BrN2O2/c1-9(14-5-3-4-6-14)7-13-8-10(12)11(15)16-2/h9-10,13H,3-8H2,1-2H3. The predicted octanol–water partition coefficient (Wildman–Crippen LogP) is 0.997. The van der Waals surface area contributed by atoms with Gasteiger partial charge in [-0.1, -0.05) is 15.9 Å². The van der Waals surface area contributed by atoms with Gasteiger partial charge in [0.15, 0.2) is 0 Å². The van der Waals surface area contributed by atoms with E-state index < -0.39 is 0 Å². The molecule has 1 heterocycles. The molecule has 94 valence electrons. The van der Waals surface area contributed by atoms with Gasteiger partial charge in [-0.2, -0.15) is 0 Å². The highest BCUT2D eigenvalue weighted by Gasteiger charge is 2.19. The SMILES string of the molecule is COC(=O)C(Br)CNCC(C)N1CCCC1. The quantitative estimate of drug-likeness (QED) is 0.586. The summed E-state index contributed by atoms with van der Waals surface area (Å²) < 4.78 is 4.63. The first-order valence-corrected chi connectivity index (χ1v) is 6.73. The summed E-state index contributed by atoms with van der Waals surface area (Å²) in [5.74, 6) is -0.221. The Bertz CT molecular complexity index is 220. The van der Waals surface area contributed by atoms with Crippen molar-refractivity contribution in [1.29, 1.82) is 0 Å². The van der Waals surface area contributed by atoms with Crippen LogP contribution in [0, 0.1) is 0 Å². The highest BCUT2D eigenvalue weighted by atomic mass is 79.9. The second-order valence-corrected chi connectivity index (χ2v) is 5.35. The number of rotatable bonds is 6. The average Bonchev–Trinajstić information content (AvgIpc) is 2.81. The zero-order valence-corrected chi connectivity index (χ0v) is 11.6. The van der Waals surface area contributed by atoms with E-state index in [1.807, 2.05) is 0 Å². The Morgan fingerprint density at radius 1 is 1.44 bits per heavy atom. The Kier molecular flexibility index (Phi) is 6.31. The van der Waals surface area contributed by atoms with Gasteiger partial charge in [0.1, 0.15) is 4.83 Å². The highest BCUT2D eigenvalue weighted by Crippen LogP contribution is 2.10. The van der Waals surface area contributed by atoms with Crippen LogP contribution in [0.5, 0.6) is 0 Å². The van der Waals surface area contributed by atoms with Gasteiger partial charge in [0.25, 0.3) is 0 Å². The smallest absolute Gasteiger partial charge is 0.320 e. The van der Waals surface area contributed by atoms with Gasteiger partial charge < -0.3 is 10.1 Å². The Balaban J connectivity index is 2.12. The molecule has 0 spiro atoms. The molecule has 0 aromatic rings. The number of nitrogens with zero attached hydrogens (tertiary/aromatic N) is 1. The van der Waals surface area contributed by atoms with Crippen molar-refractivity contribution in [2.24, 2.45) is 0 Å². The second kappa shape index (κ2) is 7.25. The molecule has 2 atom stereocenters. The lowest BCUT2D eigenvalue weighted by Gasteiger charge is -2.24. The third-order valence-corrected chi connectivity index (χ3v) is 3.68. The molecule has 5 heteroatoms. The molecular weight excluding hydrogens is 272 g/mol. The maximum absolute atomic E-state index is 11.1. The molecule has 1 fully saturated rings. The van der Waals surface area contributed by atoms with Crippen molar-refractivity contribution in [3.8, 4) is 0 Å². The average molecular weight is 293 g/mol. The lowest BCUT2D eigenvalue weighted by atomic mass is 10.3. The van der Waals surface area contributed by atoms with Crippen LogP contribution in [-0.2, 0) is 9.53 Å². The van der Waals surface area contributed by atoms with Crippen LogP contribution in [0.1, 0.15) is 19.8 Å². The third kappa shape index (κ3) is 4.39. The first-order chi connectivity index (χ1) is 7.65. The molecule has 0 saturated carbocycles. The molecule has 1 saturated heterocycles. The van der Waals surface area contributed by atoms with Gasteiger partial charge in [0.2, 0.25) is 0 Å². The van der Waals surface area contributed by atoms with E-state index in [0.717, 1.165) is 6.54 Å². The summed E-state index contributed by atoms with van der Waals surface area (Å²) in [5.41, 5.74) is 0. The summed E-state index contributed by atoms with van der Waals surface area (Å²) in [6.45, 7) is 6.17. The molecule has 0 amide bonds. The van der Waals surface area contributed by atoms with Crippen LogP contribution < -0.4 is 5.32 Å². The summed E-state index contributed by atoms with van der Waals surface area (Å²) in [7, 11) is 1.41. The van der Waals surface area contributed by atoms with Crippen molar-refractivity contribution < 1.29 is 9.53 Å². The highest BCUT2D eigenvalue weighted by molar-refractivity contribution is 9.10. The number of carbonyl (C=O) groups excluding carboxylic acids is 1. The van der Waals surface area contributed by atoms with Crippen LogP contribution in [-0.4, -0.2) is 55.0 Å². The monoisotopic (exact) mass is 292 g/mol. The number of halogens is 1. The summed E-state index contributed by atoms with van der Waals surface area (Å²) in [6.07, 6.45) is 2.63. The van der Waals surface area contributed by atoms with Crippen molar-refractivity contribution in [2.75, 3.05) is 33.3 Å². The van der Waals surface area contributed by atoms with E-state index in [9.17, 15) is 4.79 Å². The van der Waals surface area contributed by atoms with Gasteiger partial charge in [-0.25, -0.2) is 0 Å². The van der Waals surface area contributed by atoms with Crippen molar-refractivity contribution in [3.05, 3.63) is 0 Å². The van der Waals surface area contributed by atoms with Crippen molar-refractivity contribution in [1.82, 2.24) is 10.2 Å². The first-order valence-electron chi connectivity index (χ1n) is 5.81. The Morgan fingerprint density at radius 2 is 2.06 bits per heavy atom. The number of hydrogen-bond acceptors (Lipinski definition) is 4. The number of carbonyl (C=O) groups is 1. The molecule has 16 heavy (non-hydrogen) atoms. The Hall–Kier alpha value is -0.130. The largest absolute Gasteiger partial charge is 0.468 e. The number of alkyl halides is 1. The minimum Gasteiger partial charge on any atom is -0.468 e. The van der Waals surface area contributed by atoms with Crippen LogP contribution in [0.3, 0.4) is 0 Å². The molecule has 2 unspecified atom stereocenters. The summed E-state index contributed by atoms with van der Waals surface area (Å²) in [6, 6.07) is 0.542. The van der Waals surface area contributed by atoms with Crippen LogP contribution >= 0.6 is 15.9 Å². The van der Waals surface area contributed by atoms with E-state index in [1.165, 1.54) is 33.0 Å². The van der Waals surface area contributed by atoms with Crippen LogP contribution in [0.25, 0.3) is 0 Å². The fraction of sp³-hybridized carbons (Fsp3) is 0.909. The van der Waals surface area contributed by atoms with E-state index in [0.29, 0.717) is 12.6 Å². The first kappa shape index (κ1) is 13.9. The molecule has 0 radical (unpaired) electrons. The van der Waals surface area contributed by atoms with E-state index in [-0.39, 0.29) is 10.8 Å². The molecule has 0 bridgehead atoms. The fourth-order valence-corrected chi connectivity index (χ4v) is 2.36. The number of nitrogens with one attached hydrogen (secondary N) is 1. The molecule has 1 rings (SSSR count). The molecule has 0 aromatic carbocycles. The molecule has 1 aliphatic heterocycles. The van der Waals surface area contributed by atoms with Crippen molar-refractivity contribution in [2.45, 2.75) is 30.6 Å². The van der Waals surface area contributed by atoms with Crippen molar-refractivity contribution >= 4 is 21.9 Å². The Morgan fingerprint density at radius 3 is 2.62 bits per heavy atom. The fourth-order valence-electron chi connectivity index (χ4n) is 1.94. The number of likely N-dealkylation sites (tertiary alicyclic amines) is 1. The van der Waals surface area contributed by atoms with E-state index in [4.69, 9.17) is 0 Å². The van der Waals surface area contributed by atoms with Crippen LogP contribution in [0.4, 0.5) is 0 Å². The minimum absolute atomic E-state index is 0.221. The lowest BCUT2D eigenvalue weighted by Crippen LogP contribution is -2.41. The summed E-state index contributed by atoms with van der Waals surface area (Å²) in [4.78, 5) is 13.4. The minimum atomic E-state index is -0.247. The lowest BCUT2D eigenvalue weighted by molar-refractivity contribution is -0.139. The number of ether oxygens (including phenoxy) is 1. The van der Waals surface area contributed by atoms with Gasteiger partial charge in [-0.3, -0.25) is 9.69 Å². The summed E-state index contributed by atoms with van der Waals surface area (Å²) in [5, 5.41) is 3.29.